The summed E-state index contributed by atoms with van der Waals surface area (Å²) >= 11 is 0. The van der Waals surface area contributed by atoms with Crippen molar-refractivity contribution >= 4 is 11.8 Å². The van der Waals surface area contributed by atoms with E-state index in [9.17, 15) is 9.59 Å². The highest BCUT2D eigenvalue weighted by Crippen LogP contribution is 2.29. The molecule has 0 spiro atoms. The maximum atomic E-state index is 12.5. The summed E-state index contributed by atoms with van der Waals surface area (Å²) in [5.41, 5.74) is 2.27. The average Bonchev–Trinajstić information content (AvgIpc) is 3.25. The molecule has 1 aliphatic rings. The zero-order chi connectivity index (χ0) is 15.5. The van der Waals surface area contributed by atoms with E-state index >= 15 is 0 Å². The van der Waals surface area contributed by atoms with E-state index in [1.165, 1.54) is 0 Å². The predicted octanol–water partition coefficient (Wildman–Crippen LogP) is 2.18. The lowest BCUT2D eigenvalue weighted by Crippen LogP contribution is -2.32. The molecule has 0 saturated heterocycles. The molecule has 5 nitrogen and oxygen atoms in total. The van der Waals surface area contributed by atoms with Crippen molar-refractivity contribution in [3.05, 3.63) is 59.4 Å². The number of rotatable bonds is 5. The topological polar surface area (TPSA) is 65.2 Å². The number of nitrogens with one attached hydrogen (secondary N) is 2. The van der Waals surface area contributed by atoms with Crippen LogP contribution in [0.2, 0.25) is 0 Å². The first-order valence-corrected chi connectivity index (χ1v) is 7.44. The molecule has 1 saturated carbocycles. The van der Waals surface area contributed by atoms with Crippen LogP contribution in [0.3, 0.4) is 0 Å². The Labute approximate surface area is 129 Å². The number of carbonyl (C=O) groups is 2. The highest BCUT2D eigenvalue weighted by atomic mass is 16.2. The van der Waals surface area contributed by atoms with Gasteiger partial charge in [0.25, 0.3) is 11.8 Å². The third-order valence-electron chi connectivity index (χ3n) is 3.87. The maximum absolute atomic E-state index is 12.5. The molecular weight excluding hydrogens is 278 g/mol. The van der Waals surface area contributed by atoms with Crippen LogP contribution in [0, 0.1) is 0 Å². The fraction of sp³-hybridized carbons (Fsp3) is 0.294. The van der Waals surface area contributed by atoms with Crippen molar-refractivity contribution in [1.29, 1.82) is 0 Å². The minimum atomic E-state index is -0.104. The van der Waals surface area contributed by atoms with Crippen molar-refractivity contribution in [3.63, 3.8) is 0 Å². The molecule has 1 aromatic heterocycles. The second kappa shape index (κ2) is 6.05. The minimum absolute atomic E-state index is 0.0304. The van der Waals surface area contributed by atoms with Crippen molar-refractivity contribution in [2.24, 2.45) is 0 Å². The number of carbonyl (C=O) groups excluding carboxylic acids is 2. The van der Waals surface area contributed by atoms with E-state index < -0.39 is 0 Å². The standard InChI is InChI=1S/C17H19N3O2/c1-18-16(21)13-6-4-12(5-7-13)11-20(14-8-9-14)17(22)15-3-2-10-19-15/h2-7,10,14,19H,8-9,11H2,1H3,(H,18,21). The van der Waals surface area contributed by atoms with Gasteiger partial charge in [-0.15, -0.1) is 0 Å². The van der Waals surface area contributed by atoms with Gasteiger partial charge in [0.1, 0.15) is 5.69 Å². The highest BCUT2D eigenvalue weighted by Gasteiger charge is 2.33. The number of nitrogens with zero attached hydrogens (tertiary/aromatic N) is 1. The summed E-state index contributed by atoms with van der Waals surface area (Å²) in [7, 11) is 1.61. The molecule has 0 atom stereocenters. The Morgan fingerprint density at radius 2 is 1.95 bits per heavy atom. The number of aromatic amines is 1. The number of amides is 2. The molecule has 2 aromatic rings. The van der Waals surface area contributed by atoms with Gasteiger partial charge in [0.2, 0.25) is 0 Å². The summed E-state index contributed by atoms with van der Waals surface area (Å²) in [5, 5.41) is 2.60. The first-order chi connectivity index (χ1) is 10.7. The first-order valence-electron chi connectivity index (χ1n) is 7.44. The van der Waals surface area contributed by atoms with E-state index in [0.717, 1.165) is 18.4 Å². The second-order valence-electron chi connectivity index (χ2n) is 5.52. The van der Waals surface area contributed by atoms with E-state index in [2.05, 4.69) is 10.3 Å². The predicted molar refractivity (Wildman–Crippen MR) is 83.5 cm³/mol. The number of hydrogen-bond donors (Lipinski definition) is 2. The van der Waals surface area contributed by atoms with Gasteiger partial charge in [0.15, 0.2) is 0 Å². The number of benzene rings is 1. The smallest absolute Gasteiger partial charge is 0.270 e. The van der Waals surface area contributed by atoms with Crippen LogP contribution in [0.4, 0.5) is 0 Å². The Hall–Kier alpha value is -2.56. The van der Waals surface area contributed by atoms with Crippen molar-refractivity contribution < 1.29 is 9.59 Å². The molecule has 2 amide bonds. The van der Waals surface area contributed by atoms with E-state index in [1.807, 2.05) is 23.1 Å². The summed E-state index contributed by atoms with van der Waals surface area (Å²) in [4.78, 5) is 29.0. The molecule has 3 rings (SSSR count). The molecule has 1 heterocycles. The Morgan fingerprint density at radius 3 is 2.50 bits per heavy atom. The third kappa shape index (κ3) is 3.03. The molecule has 1 fully saturated rings. The van der Waals surface area contributed by atoms with E-state index in [1.54, 1.807) is 31.4 Å². The summed E-state index contributed by atoms with van der Waals surface area (Å²) in [6.07, 6.45) is 3.88. The Balaban J connectivity index is 1.74. The first kappa shape index (κ1) is 14.4. The van der Waals surface area contributed by atoms with Gasteiger partial charge in [-0.25, -0.2) is 0 Å². The van der Waals surface area contributed by atoms with Crippen molar-refractivity contribution in [3.8, 4) is 0 Å². The molecule has 5 heteroatoms. The van der Waals surface area contributed by atoms with E-state index in [4.69, 9.17) is 0 Å². The largest absolute Gasteiger partial charge is 0.357 e. The summed E-state index contributed by atoms with van der Waals surface area (Å²) in [5.74, 6) is -0.0732. The van der Waals surface area contributed by atoms with Gasteiger partial charge in [-0.1, -0.05) is 12.1 Å². The van der Waals surface area contributed by atoms with Crippen LogP contribution in [0.5, 0.6) is 0 Å². The molecule has 0 bridgehead atoms. The van der Waals surface area contributed by atoms with Gasteiger partial charge in [0, 0.05) is 31.4 Å². The van der Waals surface area contributed by atoms with Crippen molar-refractivity contribution in [2.45, 2.75) is 25.4 Å². The molecule has 1 aromatic carbocycles. The third-order valence-corrected chi connectivity index (χ3v) is 3.87. The molecule has 0 aliphatic heterocycles. The van der Waals surface area contributed by atoms with Gasteiger partial charge < -0.3 is 15.2 Å². The monoisotopic (exact) mass is 297 g/mol. The van der Waals surface area contributed by atoms with Crippen molar-refractivity contribution in [2.75, 3.05) is 7.05 Å². The number of hydrogen-bond acceptors (Lipinski definition) is 2. The van der Waals surface area contributed by atoms with Crippen LogP contribution < -0.4 is 5.32 Å². The van der Waals surface area contributed by atoms with Crippen LogP contribution in [0.1, 0.15) is 39.3 Å². The lowest BCUT2D eigenvalue weighted by molar-refractivity contribution is 0.0724. The fourth-order valence-corrected chi connectivity index (χ4v) is 2.47. The zero-order valence-electron chi connectivity index (χ0n) is 12.5. The Morgan fingerprint density at radius 1 is 1.23 bits per heavy atom. The summed E-state index contributed by atoms with van der Waals surface area (Å²) in [6, 6.07) is 11.3. The van der Waals surface area contributed by atoms with Gasteiger partial charge in [-0.3, -0.25) is 9.59 Å². The number of aromatic nitrogens is 1. The van der Waals surface area contributed by atoms with Gasteiger partial charge in [-0.2, -0.15) is 0 Å². The average molecular weight is 297 g/mol. The van der Waals surface area contributed by atoms with E-state index in [-0.39, 0.29) is 11.8 Å². The number of H-pyrrole nitrogens is 1. The summed E-state index contributed by atoms with van der Waals surface area (Å²) < 4.78 is 0. The molecule has 0 unspecified atom stereocenters. The Kier molecular flexibility index (Phi) is 3.96. The SMILES string of the molecule is CNC(=O)c1ccc(CN(C(=O)c2ccc[nH]2)C2CC2)cc1. The van der Waals surface area contributed by atoms with Crippen LogP contribution in [-0.4, -0.2) is 34.8 Å². The van der Waals surface area contributed by atoms with Crippen LogP contribution in [0.25, 0.3) is 0 Å². The molecule has 22 heavy (non-hydrogen) atoms. The lowest BCUT2D eigenvalue weighted by atomic mass is 10.1. The molecule has 2 N–H and O–H groups in total. The van der Waals surface area contributed by atoms with Gasteiger partial charge >= 0.3 is 0 Å². The molecule has 1 aliphatic carbocycles. The highest BCUT2D eigenvalue weighted by molar-refractivity contribution is 5.94. The van der Waals surface area contributed by atoms with Crippen LogP contribution in [-0.2, 0) is 6.54 Å². The Bertz CT molecular complexity index is 658. The van der Waals surface area contributed by atoms with Gasteiger partial charge in [-0.05, 0) is 42.7 Å². The lowest BCUT2D eigenvalue weighted by Gasteiger charge is -2.22. The van der Waals surface area contributed by atoms with Gasteiger partial charge in [0.05, 0.1) is 0 Å². The zero-order valence-corrected chi connectivity index (χ0v) is 12.5. The second-order valence-corrected chi connectivity index (χ2v) is 5.52. The molecule has 114 valence electrons. The van der Waals surface area contributed by atoms with Crippen LogP contribution >= 0.6 is 0 Å². The maximum Gasteiger partial charge on any atom is 0.270 e. The quantitative estimate of drug-likeness (QED) is 0.888. The summed E-state index contributed by atoms with van der Waals surface area (Å²) in [6.45, 7) is 0.566. The van der Waals surface area contributed by atoms with E-state index in [0.29, 0.717) is 23.8 Å². The van der Waals surface area contributed by atoms with Crippen LogP contribution in [0.15, 0.2) is 42.6 Å². The minimum Gasteiger partial charge on any atom is -0.357 e. The molecular formula is C17H19N3O2. The normalized spacial score (nSPS) is 13.7. The fourth-order valence-electron chi connectivity index (χ4n) is 2.47. The van der Waals surface area contributed by atoms with Crippen molar-refractivity contribution in [1.82, 2.24) is 15.2 Å². The molecule has 0 radical (unpaired) electrons.